The Labute approximate surface area is 165 Å². The topological polar surface area (TPSA) is 61.7 Å². The molecule has 1 aromatic rings. The van der Waals surface area contributed by atoms with Gasteiger partial charge in [0.15, 0.2) is 5.96 Å². The molecule has 6 nitrogen and oxygen atoms in total. The third kappa shape index (κ3) is 6.34. The summed E-state index contributed by atoms with van der Waals surface area (Å²) in [4.78, 5) is 19.0. The Morgan fingerprint density at radius 3 is 2.69 bits per heavy atom. The van der Waals surface area contributed by atoms with Crippen molar-refractivity contribution in [3.05, 3.63) is 22.4 Å². The Hall–Kier alpha value is -1.50. The number of nitrogens with one attached hydrogen (secondary N) is 2. The fraction of sp³-hybridized carbons (Fsp3) is 0.684. The lowest BCUT2D eigenvalue weighted by atomic mass is 9.89. The first-order chi connectivity index (χ1) is 12.5. The van der Waals surface area contributed by atoms with Gasteiger partial charge in [0, 0.05) is 49.5 Å². The van der Waals surface area contributed by atoms with E-state index in [1.807, 2.05) is 20.3 Å². The van der Waals surface area contributed by atoms with E-state index in [0.717, 1.165) is 36.4 Å². The number of carbonyl (C=O) groups excluding carboxylic acids is 1. The van der Waals surface area contributed by atoms with Gasteiger partial charge in [-0.05, 0) is 41.8 Å². The zero-order valence-corrected chi connectivity index (χ0v) is 17.8. The molecule has 0 radical (unpaired) electrons. The van der Waals surface area contributed by atoms with Crippen molar-refractivity contribution >= 4 is 27.8 Å². The van der Waals surface area contributed by atoms with E-state index in [1.165, 1.54) is 25.0 Å². The second-order valence-corrected chi connectivity index (χ2v) is 7.89. The SMILES string of the molecule is CCNC(=NCCNC(=O)C1CCCCC1)N(C)Cc1cc(Br)cn1C. The van der Waals surface area contributed by atoms with Gasteiger partial charge in [0.2, 0.25) is 5.91 Å². The number of aryl methyl sites for hydroxylation is 1. The minimum absolute atomic E-state index is 0.201. The summed E-state index contributed by atoms with van der Waals surface area (Å²) in [6.07, 6.45) is 7.75. The largest absolute Gasteiger partial charge is 0.357 e. The standard InChI is InChI=1S/C19H32BrN5O/c1-4-21-19(25(3)14-17-12-16(20)13-24(17)2)23-11-10-22-18(26)15-8-6-5-7-9-15/h12-13,15H,4-11,14H2,1-3H3,(H,21,23)(H,22,26). The molecule has 1 amide bonds. The van der Waals surface area contributed by atoms with Gasteiger partial charge in [0.25, 0.3) is 0 Å². The van der Waals surface area contributed by atoms with Gasteiger partial charge in [-0.3, -0.25) is 9.79 Å². The van der Waals surface area contributed by atoms with Crippen LogP contribution in [0.25, 0.3) is 0 Å². The van der Waals surface area contributed by atoms with Crippen LogP contribution in [0.2, 0.25) is 0 Å². The number of aromatic nitrogens is 1. The fourth-order valence-corrected chi connectivity index (χ4v) is 3.93. The van der Waals surface area contributed by atoms with Gasteiger partial charge < -0.3 is 20.1 Å². The molecule has 0 bridgehead atoms. The Kier molecular flexibility index (Phi) is 8.48. The van der Waals surface area contributed by atoms with Gasteiger partial charge in [0.1, 0.15) is 0 Å². The summed E-state index contributed by atoms with van der Waals surface area (Å²) in [5.41, 5.74) is 1.20. The Bertz CT molecular complexity index is 607. The Morgan fingerprint density at radius 1 is 1.35 bits per heavy atom. The number of nitrogens with zero attached hydrogens (tertiary/aromatic N) is 3. The predicted molar refractivity (Wildman–Crippen MR) is 110 cm³/mol. The molecule has 1 fully saturated rings. The van der Waals surface area contributed by atoms with E-state index in [1.54, 1.807) is 0 Å². The lowest BCUT2D eigenvalue weighted by Gasteiger charge is -2.23. The Morgan fingerprint density at radius 2 is 2.08 bits per heavy atom. The molecule has 0 spiro atoms. The van der Waals surface area contributed by atoms with Crippen molar-refractivity contribution in [2.45, 2.75) is 45.6 Å². The molecule has 1 aliphatic rings. The first-order valence-corrected chi connectivity index (χ1v) is 10.4. The zero-order valence-electron chi connectivity index (χ0n) is 16.2. The Balaban J connectivity index is 1.83. The third-order valence-electron chi connectivity index (χ3n) is 4.82. The van der Waals surface area contributed by atoms with E-state index in [0.29, 0.717) is 13.1 Å². The number of rotatable bonds is 7. The summed E-state index contributed by atoms with van der Waals surface area (Å²) < 4.78 is 3.19. The number of amides is 1. The first-order valence-electron chi connectivity index (χ1n) is 9.59. The average molecular weight is 426 g/mol. The molecule has 146 valence electrons. The number of carbonyl (C=O) groups is 1. The highest BCUT2D eigenvalue weighted by molar-refractivity contribution is 9.10. The van der Waals surface area contributed by atoms with Gasteiger partial charge in [0.05, 0.1) is 13.1 Å². The molecule has 1 aliphatic carbocycles. The van der Waals surface area contributed by atoms with Crippen LogP contribution in [0.1, 0.15) is 44.7 Å². The second-order valence-electron chi connectivity index (χ2n) is 6.98. The van der Waals surface area contributed by atoms with Crippen molar-refractivity contribution in [1.29, 1.82) is 0 Å². The quantitative estimate of drug-likeness (QED) is 0.401. The summed E-state index contributed by atoms with van der Waals surface area (Å²) in [7, 11) is 4.07. The first kappa shape index (κ1) is 20.8. The van der Waals surface area contributed by atoms with E-state index in [-0.39, 0.29) is 11.8 Å². The lowest BCUT2D eigenvalue weighted by Crippen LogP contribution is -2.39. The second kappa shape index (κ2) is 10.6. The van der Waals surface area contributed by atoms with E-state index >= 15 is 0 Å². The highest BCUT2D eigenvalue weighted by atomic mass is 79.9. The minimum Gasteiger partial charge on any atom is -0.357 e. The summed E-state index contributed by atoms with van der Waals surface area (Å²) >= 11 is 3.51. The molecule has 0 unspecified atom stereocenters. The van der Waals surface area contributed by atoms with Crippen molar-refractivity contribution in [2.75, 3.05) is 26.7 Å². The van der Waals surface area contributed by atoms with Crippen LogP contribution in [0, 0.1) is 5.92 Å². The molecule has 0 aliphatic heterocycles. The number of halogens is 1. The van der Waals surface area contributed by atoms with Crippen molar-refractivity contribution < 1.29 is 4.79 Å². The van der Waals surface area contributed by atoms with Gasteiger partial charge in [-0.2, -0.15) is 0 Å². The fourth-order valence-electron chi connectivity index (χ4n) is 3.36. The highest BCUT2D eigenvalue weighted by Gasteiger charge is 2.20. The molecule has 0 aromatic carbocycles. The maximum absolute atomic E-state index is 12.2. The maximum atomic E-state index is 12.2. The van der Waals surface area contributed by atoms with Crippen molar-refractivity contribution in [3.63, 3.8) is 0 Å². The highest BCUT2D eigenvalue weighted by Crippen LogP contribution is 2.23. The lowest BCUT2D eigenvalue weighted by molar-refractivity contribution is -0.125. The van der Waals surface area contributed by atoms with Gasteiger partial charge >= 0.3 is 0 Å². The summed E-state index contributed by atoms with van der Waals surface area (Å²) in [6.45, 7) is 4.82. The van der Waals surface area contributed by atoms with Crippen LogP contribution >= 0.6 is 15.9 Å². The van der Waals surface area contributed by atoms with Crippen LogP contribution < -0.4 is 10.6 Å². The van der Waals surface area contributed by atoms with Crippen LogP contribution in [0.4, 0.5) is 0 Å². The van der Waals surface area contributed by atoms with Gasteiger partial charge in [-0.15, -0.1) is 0 Å². The molecule has 2 N–H and O–H groups in total. The molecule has 0 atom stereocenters. The molecule has 1 aromatic heterocycles. The minimum atomic E-state index is 0.201. The van der Waals surface area contributed by atoms with E-state index in [4.69, 9.17) is 0 Å². The van der Waals surface area contributed by atoms with E-state index in [9.17, 15) is 4.79 Å². The van der Waals surface area contributed by atoms with Crippen LogP contribution in [-0.2, 0) is 18.4 Å². The molecular formula is C19H32BrN5O. The molecule has 1 heterocycles. The molecule has 2 rings (SSSR count). The zero-order chi connectivity index (χ0) is 18.9. The van der Waals surface area contributed by atoms with Crippen LogP contribution in [-0.4, -0.2) is 48.0 Å². The maximum Gasteiger partial charge on any atom is 0.223 e. The molecule has 0 saturated heterocycles. The van der Waals surface area contributed by atoms with E-state index < -0.39 is 0 Å². The van der Waals surface area contributed by atoms with Crippen molar-refractivity contribution in [2.24, 2.45) is 18.0 Å². The molecule has 7 heteroatoms. The molecule has 26 heavy (non-hydrogen) atoms. The van der Waals surface area contributed by atoms with Crippen molar-refractivity contribution in [1.82, 2.24) is 20.1 Å². The summed E-state index contributed by atoms with van der Waals surface area (Å²) in [5, 5.41) is 6.37. The summed E-state index contributed by atoms with van der Waals surface area (Å²) in [5.74, 6) is 1.27. The number of hydrogen-bond donors (Lipinski definition) is 2. The van der Waals surface area contributed by atoms with Gasteiger partial charge in [-0.25, -0.2) is 0 Å². The summed E-state index contributed by atoms with van der Waals surface area (Å²) in [6, 6.07) is 2.12. The van der Waals surface area contributed by atoms with E-state index in [2.05, 4.69) is 54.0 Å². The average Bonchev–Trinajstić information content (AvgIpc) is 2.95. The smallest absolute Gasteiger partial charge is 0.223 e. The van der Waals surface area contributed by atoms with Crippen LogP contribution in [0.5, 0.6) is 0 Å². The van der Waals surface area contributed by atoms with Crippen LogP contribution in [0.15, 0.2) is 21.7 Å². The van der Waals surface area contributed by atoms with Crippen LogP contribution in [0.3, 0.4) is 0 Å². The monoisotopic (exact) mass is 425 g/mol. The predicted octanol–water partition coefficient (Wildman–Crippen LogP) is 2.88. The third-order valence-corrected chi connectivity index (χ3v) is 5.25. The number of aliphatic imine (C=N–C) groups is 1. The molecular weight excluding hydrogens is 394 g/mol. The normalized spacial score (nSPS) is 15.8. The number of guanidine groups is 1. The number of hydrogen-bond acceptors (Lipinski definition) is 2. The van der Waals surface area contributed by atoms with Crippen molar-refractivity contribution in [3.8, 4) is 0 Å². The molecule has 1 saturated carbocycles. The van der Waals surface area contributed by atoms with Gasteiger partial charge in [-0.1, -0.05) is 19.3 Å².